The number of nitrogens with zero attached hydrogens (tertiary/aromatic N) is 4. The number of ether oxygens (including phenoxy) is 1. The zero-order valence-electron chi connectivity index (χ0n) is 15.8. The summed E-state index contributed by atoms with van der Waals surface area (Å²) < 4.78 is 37.9. The quantitative estimate of drug-likeness (QED) is 0.371. The zero-order chi connectivity index (χ0) is 21.6. The largest absolute Gasteiger partial charge is 0.394 e. The highest BCUT2D eigenvalue weighted by Crippen LogP contribution is 2.36. The van der Waals surface area contributed by atoms with Crippen LogP contribution in [0, 0.1) is 6.92 Å². The summed E-state index contributed by atoms with van der Waals surface area (Å²) in [4.78, 5) is 11.9. The molecule has 6 N–H and O–H groups in total. The van der Waals surface area contributed by atoms with Crippen molar-refractivity contribution in [3.05, 3.63) is 36.2 Å². The smallest absolute Gasteiger partial charge is 0.297 e. The first-order valence-electron chi connectivity index (χ1n) is 8.91. The minimum absolute atomic E-state index is 0.0262. The number of aliphatic hydroxyl groups excluding tert-OH is 2. The van der Waals surface area contributed by atoms with Crippen LogP contribution in [0.1, 0.15) is 11.8 Å². The third kappa shape index (κ3) is 3.46. The van der Waals surface area contributed by atoms with Gasteiger partial charge in [-0.05, 0) is 19.1 Å². The predicted molar refractivity (Wildman–Crippen MR) is 104 cm³/mol. The van der Waals surface area contributed by atoms with Gasteiger partial charge in [0.15, 0.2) is 23.8 Å². The lowest BCUT2D eigenvalue weighted by atomic mass is 10.1. The highest BCUT2D eigenvalue weighted by molar-refractivity contribution is 7.86. The van der Waals surface area contributed by atoms with Crippen molar-refractivity contribution in [1.29, 1.82) is 0 Å². The average molecular weight is 436 g/mol. The van der Waals surface area contributed by atoms with Crippen molar-refractivity contribution in [3.63, 3.8) is 0 Å². The van der Waals surface area contributed by atoms with Crippen LogP contribution in [0.15, 0.2) is 35.5 Å². The minimum Gasteiger partial charge on any atom is -0.394 e. The number of benzene rings is 1. The Morgan fingerprint density at radius 2 is 1.93 bits per heavy atom. The molecule has 1 aliphatic heterocycles. The van der Waals surface area contributed by atoms with E-state index in [4.69, 9.17) is 20.4 Å². The molecule has 2 aromatic heterocycles. The van der Waals surface area contributed by atoms with Gasteiger partial charge in [-0.3, -0.25) is 8.75 Å². The van der Waals surface area contributed by atoms with E-state index in [9.17, 15) is 18.6 Å². The van der Waals surface area contributed by atoms with Gasteiger partial charge in [0.05, 0.1) is 17.8 Å². The highest BCUT2D eigenvalue weighted by atomic mass is 32.2. The number of nitrogens with two attached hydrogens (primary N) is 2. The molecule has 30 heavy (non-hydrogen) atoms. The summed E-state index contributed by atoms with van der Waals surface area (Å²) in [6.07, 6.45) is -3.84. The maximum absolute atomic E-state index is 12.8. The van der Waals surface area contributed by atoms with Crippen LogP contribution in [-0.2, 0) is 19.0 Å². The van der Waals surface area contributed by atoms with Crippen LogP contribution in [0.2, 0.25) is 0 Å². The van der Waals surface area contributed by atoms with Gasteiger partial charge in [0.2, 0.25) is 5.95 Å². The van der Waals surface area contributed by atoms with Gasteiger partial charge in [0.25, 0.3) is 10.1 Å². The topological polar surface area (TPSA) is 189 Å². The summed E-state index contributed by atoms with van der Waals surface area (Å²) in [5.74, 6) is -0.0954. The molecule has 1 saturated heterocycles. The third-order valence-corrected chi connectivity index (χ3v) is 6.11. The summed E-state index contributed by atoms with van der Waals surface area (Å²) in [5.41, 5.74) is 12.7. The standard InChI is InChI=1S/C17H20N6O6S/c1-8-2-4-9(5-3-8)30(26,27)29-13-12(25)10(6-24)28-16(13)23-7-20-11-14(18)21-17(19)22-15(11)23/h2-5,7,10,12-13,16,24-25H,6H2,1H3,(H4,18,19,21,22)/t10-,12-,13-,16-/m1/s1. The van der Waals surface area contributed by atoms with Crippen LogP contribution in [0.25, 0.3) is 11.2 Å². The number of rotatable bonds is 5. The molecule has 1 aromatic carbocycles. The van der Waals surface area contributed by atoms with Crippen molar-refractivity contribution in [2.24, 2.45) is 0 Å². The Hall–Kier alpha value is -2.84. The Kier molecular flexibility index (Phi) is 5.07. The van der Waals surface area contributed by atoms with Crippen molar-refractivity contribution in [3.8, 4) is 0 Å². The molecule has 0 bridgehead atoms. The van der Waals surface area contributed by atoms with Crippen molar-refractivity contribution in [2.75, 3.05) is 18.1 Å². The number of aromatic nitrogens is 4. The molecule has 3 heterocycles. The fraction of sp³-hybridized carbons (Fsp3) is 0.353. The fourth-order valence-corrected chi connectivity index (χ4v) is 4.33. The molecule has 3 aromatic rings. The van der Waals surface area contributed by atoms with Crippen LogP contribution in [0.5, 0.6) is 0 Å². The van der Waals surface area contributed by atoms with Gasteiger partial charge in [-0.2, -0.15) is 18.4 Å². The molecule has 0 amide bonds. The first-order chi connectivity index (χ1) is 14.2. The number of hydrogen-bond donors (Lipinski definition) is 4. The molecular formula is C17H20N6O6S. The fourth-order valence-electron chi connectivity index (χ4n) is 3.25. The van der Waals surface area contributed by atoms with E-state index in [1.54, 1.807) is 12.1 Å². The van der Waals surface area contributed by atoms with Crippen LogP contribution >= 0.6 is 0 Å². The number of imidazole rings is 1. The van der Waals surface area contributed by atoms with E-state index in [0.29, 0.717) is 0 Å². The Balaban J connectivity index is 1.74. The van der Waals surface area contributed by atoms with Crippen LogP contribution in [0.4, 0.5) is 11.8 Å². The molecular weight excluding hydrogens is 416 g/mol. The van der Waals surface area contributed by atoms with Crippen LogP contribution in [-0.4, -0.2) is 63.1 Å². The maximum atomic E-state index is 12.8. The molecule has 1 aliphatic rings. The Bertz CT molecular complexity index is 1180. The van der Waals surface area contributed by atoms with E-state index in [1.807, 2.05) is 6.92 Å². The van der Waals surface area contributed by atoms with Crippen molar-refractivity contribution in [1.82, 2.24) is 19.5 Å². The Morgan fingerprint density at radius 3 is 2.60 bits per heavy atom. The van der Waals surface area contributed by atoms with Gasteiger partial charge in [-0.25, -0.2) is 4.98 Å². The Morgan fingerprint density at radius 1 is 1.23 bits per heavy atom. The third-order valence-electron chi connectivity index (χ3n) is 4.78. The second-order valence-corrected chi connectivity index (χ2v) is 8.43. The average Bonchev–Trinajstić information content (AvgIpc) is 3.23. The molecule has 0 spiro atoms. The van der Waals surface area contributed by atoms with Crippen molar-refractivity contribution in [2.45, 2.75) is 36.4 Å². The van der Waals surface area contributed by atoms with Gasteiger partial charge in [0.1, 0.15) is 17.7 Å². The molecule has 0 radical (unpaired) electrons. The predicted octanol–water partition coefficient (Wildman–Crippen LogP) is -0.676. The summed E-state index contributed by atoms with van der Waals surface area (Å²) in [6.45, 7) is 1.26. The van der Waals surface area contributed by atoms with E-state index in [-0.39, 0.29) is 27.8 Å². The monoisotopic (exact) mass is 436 g/mol. The summed E-state index contributed by atoms with van der Waals surface area (Å²) in [7, 11) is -4.26. The molecule has 12 nitrogen and oxygen atoms in total. The lowest BCUT2D eigenvalue weighted by Crippen LogP contribution is -2.37. The van der Waals surface area contributed by atoms with Gasteiger partial charge in [0, 0.05) is 0 Å². The zero-order valence-corrected chi connectivity index (χ0v) is 16.6. The number of aryl methyl sites for hydroxylation is 1. The molecule has 0 aliphatic carbocycles. The molecule has 4 rings (SSSR count). The Labute approximate surface area is 171 Å². The second-order valence-electron chi connectivity index (χ2n) is 6.86. The number of aliphatic hydroxyl groups is 2. The van der Waals surface area contributed by atoms with Gasteiger partial charge < -0.3 is 26.4 Å². The summed E-state index contributed by atoms with van der Waals surface area (Å²) in [5, 5.41) is 20.1. The molecule has 160 valence electrons. The number of fused-ring (bicyclic) bond motifs is 1. The van der Waals surface area contributed by atoms with Crippen molar-refractivity contribution >= 4 is 33.0 Å². The first-order valence-corrected chi connectivity index (χ1v) is 10.3. The number of anilines is 2. The molecule has 0 saturated carbocycles. The SMILES string of the molecule is Cc1ccc(S(=O)(=O)O[C@@H]2[C@H](O)[C@@H](CO)O[C@H]2n2cnc3c(N)nc(N)nc32)cc1. The van der Waals surface area contributed by atoms with E-state index in [0.717, 1.165) is 5.56 Å². The molecule has 0 unspecified atom stereocenters. The summed E-state index contributed by atoms with van der Waals surface area (Å²) >= 11 is 0. The van der Waals surface area contributed by atoms with Crippen molar-refractivity contribution < 1.29 is 27.6 Å². The van der Waals surface area contributed by atoms with E-state index >= 15 is 0 Å². The number of nitrogen functional groups attached to an aromatic ring is 2. The van der Waals surface area contributed by atoms with Gasteiger partial charge >= 0.3 is 0 Å². The first kappa shape index (κ1) is 20.4. The van der Waals surface area contributed by atoms with E-state index < -0.39 is 41.3 Å². The molecule has 4 atom stereocenters. The van der Waals surface area contributed by atoms with Gasteiger partial charge in [-0.15, -0.1) is 0 Å². The highest BCUT2D eigenvalue weighted by Gasteiger charge is 2.48. The maximum Gasteiger partial charge on any atom is 0.297 e. The van der Waals surface area contributed by atoms with E-state index in [2.05, 4.69) is 15.0 Å². The second kappa shape index (κ2) is 7.45. The van der Waals surface area contributed by atoms with Gasteiger partial charge in [-0.1, -0.05) is 17.7 Å². The number of hydrogen-bond acceptors (Lipinski definition) is 11. The molecule has 13 heteroatoms. The van der Waals surface area contributed by atoms with E-state index in [1.165, 1.54) is 23.0 Å². The molecule has 1 fully saturated rings. The minimum atomic E-state index is -4.26. The lowest BCUT2D eigenvalue weighted by molar-refractivity contribution is -0.0483. The lowest BCUT2D eigenvalue weighted by Gasteiger charge is -2.21. The van der Waals surface area contributed by atoms with Crippen LogP contribution in [0.3, 0.4) is 0 Å². The summed E-state index contributed by atoms with van der Waals surface area (Å²) in [6, 6.07) is 6.04. The van der Waals surface area contributed by atoms with Crippen LogP contribution < -0.4 is 11.5 Å². The normalized spacial score (nSPS) is 24.5.